The van der Waals surface area contributed by atoms with Crippen LogP contribution in [-0.4, -0.2) is 21.1 Å². The number of fused-ring (bicyclic) bond motifs is 1. The number of nitrogen functional groups attached to an aromatic ring is 1. The first kappa shape index (κ1) is 11.8. The van der Waals surface area contributed by atoms with Crippen LogP contribution < -0.4 is 5.73 Å². The molecule has 1 aromatic carbocycles. The van der Waals surface area contributed by atoms with Gasteiger partial charge in [0, 0.05) is 23.9 Å². The lowest BCUT2D eigenvalue weighted by Crippen LogP contribution is -2.17. The maximum Gasteiger partial charge on any atom is 0.201 e. The number of rotatable bonds is 1. The van der Waals surface area contributed by atoms with Crippen LogP contribution in [0.2, 0.25) is 0 Å². The van der Waals surface area contributed by atoms with Crippen molar-refractivity contribution in [3.8, 4) is 0 Å². The molecule has 1 atom stereocenters. The molecule has 3 rings (SSSR count). The number of imidazole rings is 1. The van der Waals surface area contributed by atoms with Gasteiger partial charge in [-0.25, -0.2) is 13.8 Å². The Bertz CT molecular complexity index is 591. The third-order valence-electron chi connectivity index (χ3n) is 3.24. The lowest BCUT2D eigenvalue weighted by molar-refractivity contribution is 0.516. The number of nitrogens with zero attached hydrogens (tertiary/aromatic N) is 2. The largest absolute Gasteiger partial charge is 0.369 e. The van der Waals surface area contributed by atoms with Gasteiger partial charge in [0.05, 0.1) is 5.52 Å². The summed E-state index contributed by atoms with van der Waals surface area (Å²) in [6.07, 6.45) is 2.06. The van der Waals surface area contributed by atoms with Crippen molar-refractivity contribution in [3.63, 3.8) is 0 Å². The highest BCUT2D eigenvalue weighted by atomic mass is 32.2. The molecule has 2 heterocycles. The van der Waals surface area contributed by atoms with E-state index in [1.54, 1.807) is 4.57 Å². The average Bonchev–Trinajstić information content (AvgIpc) is 2.67. The minimum Gasteiger partial charge on any atom is -0.369 e. The zero-order valence-electron chi connectivity index (χ0n) is 9.70. The van der Waals surface area contributed by atoms with Crippen LogP contribution in [0.25, 0.3) is 11.0 Å². The topological polar surface area (TPSA) is 43.8 Å². The van der Waals surface area contributed by atoms with E-state index in [0.29, 0.717) is 5.52 Å². The van der Waals surface area contributed by atoms with Crippen LogP contribution in [-0.2, 0) is 0 Å². The molecule has 1 aliphatic heterocycles. The number of aromatic nitrogens is 2. The van der Waals surface area contributed by atoms with E-state index >= 15 is 0 Å². The Kier molecular flexibility index (Phi) is 2.89. The average molecular weight is 269 g/mol. The smallest absolute Gasteiger partial charge is 0.201 e. The molecule has 0 radical (unpaired) electrons. The third kappa shape index (κ3) is 1.84. The maximum absolute atomic E-state index is 13.6. The van der Waals surface area contributed by atoms with Gasteiger partial charge in [-0.1, -0.05) is 0 Å². The standard InChI is InChI=1S/C12H13F2N3S/c13-7-4-9(14)11-10(5-7)17(12(15)16-11)8-2-1-3-18-6-8/h4-5,8H,1-3,6H2,(H2,15,16). The predicted molar refractivity (Wildman–Crippen MR) is 69.7 cm³/mol. The van der Waals surface area contributed by atoms with Crippen molar-refractivity contribution < 1.29 is 8.78 Å². The second-order valence-electron chi connectivity index (χ2n) is 4.47. The number of benzene rings is 1. The van der Waals surface area contributed by atoms with Gasteiger partial charge in [0.1, 0.15) is 11.3 Å². The minimum absolute atomic E-state index is 0.157. The molecule has 6 heteroatoms. The SMILES string of the molecule is Nc1nc2c(F)cc(F)cc2n1C1CCCSC1. The normalized spacial score (nSPS) is 20.4. The van der Waals surface area contributed by atoms with Crippen molar-refractivity contribution in [2.45, 2.75) is 18.9 Å². The van der Waals surface area contributed by atoms with Gasteiger partial charge >= 0.3 is 0 Å². The number of hydrogen-bond donors (Lipinski definition) is 1. The summed E-state index contributed by atoms with van der Waals surface area (Å²) in [6, 6.07) is 2.32. The quantitative estimate of drug-likeness (QED) is 0.865. The molecule has 2 N–H and O–H groups in total. The number of halogens is 2. The molecule has 1 aliphatic rings. The van der Waals surface area contributed by atoms with Crippen LogP contribution in [0.15, 0.2) is 12.1 Å². The molecule has 0 spiro atoms. The number of anilines is 1. The first-order valence-electron chi connectivity index (χ1n) is 5.87. The Labute approximate surface area is 107 Å². The van der Waals surface area contributed by atoms with Crippen molar-refractivity contribution in [3.05, 3.63) is 23.8 Å². The zero-order valence-corrected chi connectivity index (χ0v) is 10.5. The number of hydrogen-bond acceptors (Lipinski definition) is 3. The van der Waals surface area contributed by atoms with Gasteiger partial charge < -0.3 is 10.3 Å². The fraction of sp³-hybridized carbons (Fsp3) is 0.417. The van der Waals surface area contributed by atoms with Gasteiger partial charge in [-0.3, -0.25) is 0 Å². The lowest BCUT2D eigenvalue weighted by atomic mass is 10.1. The highest BCUT2D eigenvalue weighted by Gasteiger charge is 2.22. The summed E-state index contributed by atoms with van der Waals surface area (Å²) < 4.78 is 28.7. The Morgan fingerprint density at radius 3 is 2.94 bits per heavy atom. The molecule has 0 amide bonds. The minimum atomic E-state index is -0.654. The molecule has 1 unspecified atom stereocenters. The first-order valence-corrected chi connectivity index (χ1v) is 7.02. The Morgan fingerprint density at radius 1 is 1.39 bits per heavy atom. The Morgan fingerprint density at radius 2 is 2.22 bits per heavy atom. The van der Waals surface area contributed by atoms with Crippen molar-refractivity contribution in [2.75, 3.05) is 17.2 Å². The highest BCUT2D eigenvalue weighted by Crippen LogP contribution is 2.33. The molecule has 18 heavy (non-hydrogen) atoms. The summed E-state index contributed by atoms with van der Waals surface area (Å²) in [4.78, 5) is 4.02. The summed E-state index contributed by atoms with van der Waals surface area (Å²) in [6.45, 7) is 0. The van der Waals surface area contributed by atoms with Crippen LogP contribution >= 0.6 is 11.8 Å². The van der Waals surface area contributed by atoms with Crippen LogP contribution in [0.4, 0.5) is 14.7 Å². The lowest BCUT2D eigenvalue weighted by Gasteiger charge is -2.24. The van der Waals surface area contributed by atoms with Gasteiger partial charge in [-0.05, 0) is 18.6 Å². The van der Waals surface area contributed by atoms with Crippen LogP contribution in [0.3, 0.4) is 0 Å². The highest BCUT2D eigenvalue weighted by molar-refractivity contribution is 7.99. The van der Waals surface area contributed by atoms with E-state index in [-0.39, 0.29) is 17.5 Å². The van der Waals surface area contributed by atoms with Gasteiger partial charge in [0.25, 0.3) is 0 Å². The van der Waals surface area contributed by atoms with Crippen LogP contribution in [0.1, 0.15) is 18.9 Å². The molecule has 1 aromatic heterocycles. The number of nitrogens with two attached hydrogens (primary N) is 1. The summed E-state index contributed by atoms with van der Waals surface area (Å²) in [7, 11) is 0. The Hall–Kier alpha value is -1.30. The van der Waals surface area contributed by atoms with Crippen molar-refractivity contribution in [1.82, 2.24) is 9.55 Å². The second kappa shape index (κ2) is 4.42. The van der Waals surface area contributed by atoms with Crippen molar-refractivity contribution in [2.24, 2.45) is 0 Å². The monoisotopic (exact) mass is 269 g/mol. The fourth-order valence-corrected chi connectivity index (χ4v) is 3.57. The van der Waals surface area contributed by atoms with Crippen LogP contribution in [0.5, 0.6) is 0 Å². The fourth-order valence-electron chi connectivity index (χ4n) is 2.45. The molecule has 1 fully saturated rings. The van der Waals surface area contributed by atoms with Crippen molar-refractivity contribution >= 4 is 28.7 Å². The summed E-state index contributed by atoms with van der Waals surface area (Å²) in [5.74, 6) is 1.06. The molecule has 0 aliphatic carbocycles. The predicted octanol–water partition coefficient (Wildman–Crippen LogP) is 2.96. The van der Waals surface area contributed by atoms with Crippen LogP contribution in [0, 0.1) is 11.6 Å². The van der Waals surface area contributed by atoms with E-state index in [9.17, 15) is 8.78 Å². The van der Waals surface area contributed by atoms with Gasteiger partial charge in [0.2, 0.25) is 5.95 Å². The van der Waals surface area contributed by atoms with E-state index in [2.05, 4.69) is 4.98 Å². The van der Waals surface area contributed by atoms with E-state index in [1.807, 2.05) is 11.8 Å². The molecule has 0 saturated carbocycles. The molecule has 96 valence electrons. The maximum atomic E-state index is 13.6. The number of thioether (sulfide) groups is 1. The van der Waals surface area contributed by atoms with E-state index in [4.69, 9.17) is 5.73 Å². The Balaban J connectivity index is 2.18. The van der Waals surface area contributed by atoms with E-state index in [1.165, 1.54) is 6.07 Å². The summed E-state index contributed by atoms with van der Waals surface area (Å²) >= 11 is 1.84. The van der Waals surface area contributed by atoms with Gasteiger partial charge in [-0.15, -0.1) is 0 Å². The zero-order chi connectivity index (χ0) is 12.7. The van der Waals surface area contributed by atoms with Gasteiger partial charge in [-0.2, -0.15) is 11.8 Å². The molecule has 1 saturated heterocycles. The third-order valence-corrected chi connectivity index (χ3v) is 4.44. The molecular weight excluding hydrogens is 256 g/mol. The van der Waals surface area contributed by atoms with E-state index in [0.717, 1.165) is 30.4 Å². The molecule has 3 nitrogen and oxygen atoms in total. The molecule has 0 bridgehead atoms. The van der Waals surface area contributed by atoms with Crippen molar-refractivity contribution in [1.29, 1.82) is 0 Å². The molecule has 2 aromatic rings. The summed E-state index contributed by atoms with van der Waals surface area (Å²) in [5, 5.41) is 0. The summed E-state index contributed by atoms with van der Waals surface area (Å²) in [5.41, 5.74) is 6.47. The molecular formula is C12H13F2N3S. The second-order valence-corrected chi connectivity index (χ2v) is 5.62. The van der Waals surface area contributed by atoms with Gasteiger partial charge in [0.15, 0.2) is 5.82 Å². The first-order chi connectivity index (χ1) is 8.66. The van der Waals surface area contributed by atoms with E-state index < -0.39 is 11.6 Å².